The number of piperidine rings is 1. The van der Waals surface area contributed by atoms with E-state index in [1.807, 2.05) is 61.5 Å². The average Bonchev–Trinajstić information content (AvgIpc) is 2.90. The zero-order valence-electron chi connectivity index (χ0n) is 20.3. The molecule has 0 spiro atoms. The Bertz CT molecular complexity index is 1150. The fourth-order valence-corrected chi connectivity index (χ4v) is 4.29. The Morgan fingerprint density at radius 1 is 1.00 bits per heavy atom. The maximum Gasteiger partial charge on any atom is 0.255 e. The van der Waals surface area contributed by atoms with Gasteiger partial charge in [-0.1, -0.05) is 25.1 Å². The van der Waals surface area contributed by atoms with Crippen LogP contribution in [0.5, 0.6) is 5.75 Å². The topological polar surface area (TPSA) is 83.6 Å². The van der Waals surface area contributed by atoms with Crippen molar-refractivity contribution in [3.05, 3.63) is 78.0 Å². The maximum absolute atomic E-state index is 12.8. The van der Waals surface area contributed by atoms with Crippen LogP contribution in [-0.2, 0) is 11.2 Å². The van der Waals surface area contributed by atoms with Gasteiger partial charge in [0, 0.05) is 42.1 Å². The minimum atomic E-state index is -0.193. The number of hydrogen-bond donors (Lipinski definition) is 2. The smallest absolute Gasteiger partial charge is 0.255 e. The van der Waals surface area contributed by atoms with Crippen molar-refractivity contribution < 1.29 is 14.3 Å². The molecule has 2 aromatic carbocycles. The lowest BCUT2D eigenvalue weighted by Crippen LogP contribution is -2.38. The zero-order valence-corrected chi connectivity index (χ0v) is 20.3. The lowest BCUT2D eigenvalue weighted by Gasteiger charge is -2.32. The summed E-state index contributed by atoms with van der Waals surface area (Å²) in [5.74, 6) is 1.36. The van der Waals surface area contributed by atoms with Crippen LogP contribution in [0, 0.1) is 5.92 Å². The quantitative estimate of drug-likeness (QED) is 0.474. The molecule has 0 unspecified atom stereocenters. The number of benzene rings is 2. The summed E-state index contributed by atoms with van der Waals surface area (Å²) >= 11 is 0. The molecule has 1 saturated heterocycles. The SMILES string of the molecule is CCOc1ccc(NC(=O)c2ccnc(N3CCC(C(=O)Nc4ccccc4CC)CC3)c2)cc1. The number of rotatable bonds is 8. The molecule has 1 fully saturated rings. The van der Waals surface area contributed by atoms with Crippen LogP contribution in [-0.4, -0.2) is 36.5 Å². The fraction of sp³-hybridized carbons (Fsp3) is 0.321. The van der Waals surface area contributed by atoms with Gasteiger partial charge in [0.2, 0.25) is 5.91 Å². The molecule has 0 saturated carbocycles. The highest BCUT2D eigenvalue weighted by Gasteiger charge is 2.26. The number of carbonyl (C=O) groups excluding carboxylic acids is 2. The first-order chi connectivity index (χ1) is 17.1. The minimum Gasteiger partial charge on any atom is -0.494 e. The molecule has 0 atom stereocenters. The van der Waals surface area contributed by atoms with Crippen molar-refractivity contribution in [2.24, 2.45) is 5.92 Å². The molecule has 2 heterocycles. The molecule has 0 radical (unpaired) electrons. The highest BCUT2D eigenvalue weighted by molar-refractivity contribution is 6.04. The summed E-state index contributed by atoms with van der Waals surface area (Å²) in [6, 6.07) is 18.8. The second kappa shape index (κ2) is 11.5. The van der Waals surface area contributed by atoms with Gasteiger partial charge in [-0.3, -0.25) is 9.59 Å². The van der Waals surface area contributed by atoms with Crippen molar-refractivity contribution in [1.29, 1.82) is 0 Å². The van der Waals surface area contributed by atoms with Gasteiger partial charge in [-0.05, 0) is 74.2 Å². The molecule has 1 aliphatic rings. The third-order valence-electron chi connectivity index (χ3n) is 6.28. The molecule has 7 nitrogen and oxygen atoms in total. The number of para-hydroxylation sites is 1. The number of hydrogen-bond acceptors (Lipinski definition) is 5. The lowest BCUT2D eigenvalue weighted by atomic mass is 9.95. The van der Waals surface area contributed by atoms with Gasteiger partial charge in [0.15, 0.2) is 0 Å². The Kier molecular flexibility index (Phi) is 7.98. The van der Waals surface area contributed by atoms with Gasteiger partial charge >= 0.3 is 0 Å². The summed E-state index contributed by atoms with van der Waals surface area (Å²) in [7, 11) is 0. The Morgan fingerprint density at radius 2 is 1.74 bits per heavy atom. The molecule has 0 bridgehead atoms. The van der Waals surface area contributed by atoms with Gasteiger partial charge in [-0.2, -0.15) is 0 Å². The second-order valence-electron chi connectivity index (χ2n) is 8.58. The van der Waals surface area contributed by atoms with E-state index in [0.29, 0.717) is 30.9 Å². The van der Waals surface area contributed by atoms with E-state index in [2.05, 4.69) is 27.4 Å². The van der Waals surface area contributed by atoms with E-state index in [-0.39, 0.29) is 17.7 Å². The van der Waals surface area contributed by atoms with E-state index < -0.39 is 0 Å². The zero-order chi connectivity index (χ0) is 24.6. The van der Waals surface area contributed by atoms with E-state index >= 15 is 0 Å². The number of ether oxygens (including phenoxy) is 1. The van der Waals surface area contributed by atoms with Gasteiger partial charge in [0.05, 0.1) is 6.61 Å². The molecule has 1 aliphatic heterocycles. The standard InChI is InChI=1S/C28H32N4O3/c1-3-20-7-5-6-8-25(20)31-27(33)21-14-17-32(18-15-21)26-19-22(13-16-29-26)28(34)30-23-9-11-24(12-10-23)35-4-2/h5-13,16,19,21H,3-4,14-15,17-18H2,1-2H3,(H,30,34)(H,31,33). The van der Waals surface area contributed by atoms with Crippen molar-refractivity contribution in [2.75, 3.05) is 35.2 Å². The molecule has 4 rings (SSSR count). The Labute approximate surface area is 206 Å². The van der Waals surface area contributed by atoms with Crippen molar-refractivity contribution >= 4 is 29.0 Å². The van der Waals surface area contributed by atoms with Crippen LogP contribution in [0.1, 0.15) is 42.6 Å². The third-order valence-corrected chi connectivity index (χ3v) is 6.28. The van der Waals surface area contributed by atoms with Gasteiger partial charge in [-0.15, -0.1) is 0 Å². The average molecular weight is 473 g/mol. The number of carbonyl (C=O) groups is 2. The predicted molar refractivity (Wildman–Crippen MR) is 139 cm³/mol. The van der Waals surface area contributed by atoms with Crippen molar-refractivity contribution in [3.8, 4) is 5.75 Å². The molecule has 1 aromatic heterocycles. The number of pyridine rings is 1. The first kappa shape index (κ1) is 24.3. The molecule has 3 aromatic rings. The van der Waals surface area contributed by atoms with Crippen molar-refractivity contribution in [3.63, 3.8) is 0 Å². The molecule has 2 N–H and O–H groups in total. The van der Waals surface area contributed by atoms with Crippen LogP contribution in [0.15, 0.2) is 66.9 Å². The lowest BCUT2D eigenvalue weighted by molar-refractivity contribution is -0.120. The summed E-state index contributed by atoms with van der Waals surface area (Å²) in [6.07, 6.45) is 4.01. The largest absolute Gasteiger partial charge is 0.494 e. The van der Waals surface area contributed by atoms with Crippen molar-refractivity contribution in [1.82, 2.24) is 4.98 Å². The van der Waals surface area contributed by atoms with Gasteiger partial charge in [-0.25, -0.2) is 4.98 Å². The summed E-state index contributed by atoms with van der Waals surface area (Å²) < 4.78 is 5.44. The highest BCUT2D eigenvalue weighted by atomic mass is 16.5. The predicted octanol–water partition coefficient (Wildman–Crippen LogP) is 5.15. The molecule has 7 heteroatoms. The van der Waals surface area contributed by atoms with Crippen LogP contribution in [0.3, 0.4) is 0 Å². The van der Waals surface area contributed by atoms with E-state index in [0.717, 1.165) is 42.1 Å². The Hall–Kier alpha value is -3.87. The molecule has 2 amide bonds. The number of amides is 2. The number of aryl methyl sites for hydroxylation is 1. The molecular formula is C28H32N4O3. The summed E-state index contributed by atoms with van der Waals surface area (Å²) in [5, 5.41) is 6.03. The molecule has 182 valence electrons. The highest BCUT2D eigenvalue weighted by Crippen LogP contribution is 2.25. The normalized spacial score (nSPS) is 13.8. The van der Waals surface area contributed by atoms with Gasteiger partial charge in [0.1, 0.15) is 11.6 Å². The molecule has 35 heavy (non-hydrogen) atoms. The Morgan fingerprint density at radius 3 is 2.46 bits per heavy atom. The summed E-state index contributed by atoms with van der Waals surface area (Å²) in [5.41, 5.74) is 3.28. The van der Waals surface area contributed by atoms with Gasteiger partial charge in [0.25, 0.3) is 5.91 Å². The van der Waals surface area contributed by atoms with E-state index in [1.54, 1.807) is 12.3 Å². The first-order valence-corrected chi connectivity index (χ1v) is 12.2. The second-order valence-corrected chi connectivity index (χ2v) is 8.58. The first-order valence-electron chi connectivity index (χ1n) is 12.2. The van der Waals surface area contributed by atoms with E-state index in [4.69, 9.17) is 4.74 Å². The monoisotopic (exact) mass is 472 g/mol. The number of anilines is 3. The minimum absolute atomic E-state index is 0.0395. The Balaban J connectivity index is 1.33. The van der Waals surface area contributed by atoms with Crippen LogP contribution >= 0.6 is 0 Å². The van der Waals surface area contributed by atoms with Crippen LogP contribution in [0.25, 0.3) is 0 Å². The fourth-order valence-electron chi connectivity index (χ4n) is 4.29. The summed E-state index contributed by atoms with van der Waals surface area (Å²) in [6.45, 7) is 6.04. The number of nitrogens with zero attached hydrogens (tertiary/aromatic N) is 2. The number of nitrogens with one attached hydrogen (secondary N) is 2. The van der Waals surface area contributed by atoms with Crippen LogP contribution in [0.2, 0.25) is 0 Å². The third kappa shape index (κ3) is 6.18. The molecule has 0 aliphatic carbocycles. The van der Waals surface area contributed by atoms with Crippen LogP contribution in [0.4, 0.5) is 17.2 Å². The van der Waals surface area contributed by atoms with Crippen molar-refractivity contribution in [2.45, 2.75) is 33.1 Å². The number of aromatic nitrogens is 1. The molecular weight excluding hydrogens is 440 g/mol. The maximum atomic E-state index is 12.8. The summed E-state index contributed by atoms with van der Waals surface area (Å²) in [4.78, 5) is 32.2. The van der Waals surface area contributed by atoms with E-state index in [9.17, 15) is 9.59 Å². The van der Waals surface area contributed by atoms with E-state index in [1.165, 1.54) is 0 Å². The van der Waals surface area contributed by atoms with Crippen LogP contribution < -0.4 is 20.3 Å². The van der Waals surface area contributed by atoms with Gasteiger partial charge < -0.3 is 20.3 Å².